The molecule has 0 saturated carbocycles. The van der Waals surface area contributed by atoms with Gasteiger partial charge in [0.15, 0.2) is 5.82 Å². The molecule has 6 rings (SSSR count). The first-order valence-corrected chi connectivity index (χ1v) is 10.5. The lowest BCUT2D eigenvalue weighted by Crippen LogP contribution is -2.37. The van der Waals surface area contributed by atoms with Crippen molar-refractivity contribution < 1.29 is 0 Å². The normalized spacial score (nSPS) is 22.4. The fourth-order valence-corrected chi connectivity index (χ4v) is 5.19. The van der Waals surface area contributed by atoms with Crippen LogP contribution >= 0.6 is 0 Å². The molecule has 0 amide bonds. The summed E-state index contributed by atoms with van der Waals surface area (Å²) in [5.74, 6) is 2.01. The maximum absolute atomic E-state index is 5.15. The molecule has 0 unspecified atom stereocenters. The van der Waals surface area contributed by atoms with E-state index in [1.165, 1.54) is 43.3 Å². The van der Waals surface area contributed by atoms with E-state index in [0.717, 1.165) is 54.6 Å². The second-order valence-corrected chi connectivity index (χ2v) is 8.28. The molecule has 144 valence electrons. The first-order valence-electron chi connectivity index (χ1n) is 10.5. The molecular formula is C22H26N6. The van der Waals surface area contributed by atoms with E-state index in [1.54, 1.807) is 0 Å². The summed E-state index contributed by atoms with van der Waals surface area (Å²) in [6.07, 6.45) is 5.92. The molecule has 5 heterocycles. The molecular weight excluding hydrogens is 348 g/mol. The van der Waals surface area contributed by atoms with Crippen molar-refractivity contribution in [2.75, 3.05) is 31.1 Å². The van der Waals surface area contributed by atoms with Crippen LogP contribution in [0.3, 0.4) is 0 Å². The van der Waals surface area contributed by atoms with Gasteiger partial charge in [-0.2, -0.15) is 0 Å². The van der Waals surface area contributed by atoms with Crippen molar-refractivity contribution in [2.45, 2.75) is 38.4 Å². The van der Waals surface area contributed by atoms with Gasteiger partial charge in [-0.15, -0.1) is 0 Å². The van der Waals surface area contributed by atoms with Gasteiger partial charge in [0.1, 0.15) is 5.82 Å². The Balaban J connectivity index is 1.45. The van der Waals surface area contributed by atoms with Crippen LogP contribution in [0.2, 0.25) is 0 Å². The number of hydrogen-bond acceptors (Lipinski definition) is 5. The predicted octanol–water partition coefficient (Wildman–Crippen LogP) is 2.90. The Morgan fingerprint density at radius 2 is 1.93 bits per heavy atom. The van der Waals surface area contributed by atoms with Gasteiger partial charge in [0.25, 0.3) is 0 Å². The van der Waals surface area contributed by atoms with Gasteiger partial charge >= 0.3 is 0 Å². The number of anilines is 1. The lowest BCUT2D eigenvalue weighted by Gasteiger charge is -2.28. The van der Waals surface area contributed by atoms with Gasteiger partial charge in [-0.05, 0) is 31.9 Å². The maximum Gasteiger partial charge on any atom is 0.163 e. The molecule has 2 fully saturated rings. The number of H-pyrrole nitrogens is 1. The highest BCUT2D eigenvalue weighted by molar-refractivity contribution is 5.93. The Morgan fingerprint density at radius 1 is 1.00 bits per heavy atom. The van der Waals surface area contributed by atoms with Crippen molar-refractivity contribution in [1.82, 2.24) is 25.2 Å². The Bertz CT molecular complexity index is 1030. The quantitative estimate of drug-likeness (QED) is 0.722. The van der Waals surface area contributed by atoms with Crippen molar-refractivity contribution in [2.24, 2.45) is 0 Å². The molecule has 2 N–H and O–H groups in total. The lowest BCUT2D eigenvalue weighted by molar-refractivity contribution is 0.273. The van der Waals surface area contributed by atoms with Crippen molar-refractivity contribution in [1.29, 1.82) is 0 Å². The molecule has 0 bridgehead atoms. The zero-order valence-electron chi connectivity index (χ0n) is 16.1. The Hall–Kier alpha value is -2.44. The Labute approximate surface area is 165 Å². The molecule has 2 saturated heterocycles. The standard InChI is InChI=1S/C22H26N6/c1-2-7-19-16(6-1)17(12-24-19)21-25-20-13-23-11-18(20)22(26-21)28-10-4-9-27-8-3-5-15(27)14-28/h1-2,6-7,12,15,23-24H,3-5,8-11,13-14H2/t15-/m0/s1. The SMILES string of the molecule is c1ccc2c(-c3nc4c(c(N5CCCN6CCC[C@H]6C5)n3)CNC4)c[nH]c2c1. The maximum atomic E-state index is 5.15. The Kier molecular flexibility index (Phi) is 3.87. The largest absolute Gasteiger partial charge is 0.360 e. The smallest absolute Gasteiger partial charge is 0.163 e. The summed E-state index contributed by atoms with van der Waals surface area (Å²) >= 11 is 0. The topological polar surface area (TPSA) is 60.1 Å². The minimum Gasteiger partial charge on any atom is -0.360 e. The van der Waals surface area contributed by atoms with Gasteiger partial charge in [-0.3, -0.25) is 4.90 Å². The van der Waals surface area contributed by atoms with Gasteiger partial charge in [0, 0.05) is 67.0 Å². The number of rotatable bonds is 2. The third-order valence-corrected chi connectivity index (χ3v) is 6.60. The highest BCUT2D eigenvalue weighted by Crippen LogP contribution is 2.33. The highest BCUT2D eigenvalue weighted by Gasteiger charge is 2.31. The monoisotopic (exact) mass is 374 g/mol. The first-order chi connectivity index (χ1) is 13.9. The summed E-state index contributed by atoms with van der Waals surface area (Å²) in [6, 6.07) is 9.08. The molecule has 3 aliphatic heterocycles. The Morgan fingerprint density at radius 3 is 2.93 bits per heavy atom. The summed E-state index contributed by atoms with van der Waals surface area (Å²) in [4.78, 5) is 18.7. The first kappa shape index (κ1) is 16.5. The minimum absolute atomic E-state index is 0.680. The summed E-state index contributed by atoms with van der Waals surface area (Å²) < 4.78 is 0. The highest BCUT2D eigenvalue weighted by atomic mass is 15.3. The van der Waals surface area contributed by atoms with E-state index < -0.39 is 0 Å². The number of aromatic amines is 1. The molecule has 6 heteroatoms. The number of para-hydroxylation sites is 1. The molecule has 0 spiro atoms. The van der Waals surface area contributed by atoms with E-state index in [4.69, 9.17) is 9.97 Å². The van der Waals surface area contributed by atoms with Crippen LogP contribution in [0, 0.1) is 0 Å². The molecule has 1 atom stereocenters. The zero-order valence-corrected chi connectivity index (χ0v) is 16.1. The van der Waals surface area contributed by atoms with Crippen LogP contribution in [-0.2, 0) is 13.1 Å². The minimum atomic E-state index is 0.680. The summed E-state index contributed by atoms with van der Waals surface area (Å²) in [5.41, 5.74) is 4.70. The number of fused-ring (bicyclic) bond motifs is 3. The number of nitrogens with zero attached hydrogens (tertiary/aromatic N) is 4. The van der Waals surface area contributed by atoms with Gasteiger partial charge in [-0.1, -0.05) is 18.2 Å². The van der Waals surface area contributed by atoms with Gasteiger partial charge in [0.05, 0.1) is 5.69 Å². The molecule has 2 aromatic heterocycles. The third kappa shape index (κ3) is 2.63. The fourth-order valence-electron chi connectivity index (χ4n) is 5.19. The van der Waals surface area contributed by atoms with Crippen molar-refractivity contribution >= 4 is 16.7 Å². The summed E-state index contributed by atoms with van der Waals surface area (Å²) in [7, 11) is 0. The predicted molar refractivity (Wildman–Crippen MR) is 111 cm³/mol. The van der Waals surface area contributed by atoms with Crippen LogP contribution in [0.5, 0.6) is 0 Å². The second kappa shape index (κ2) is 6.57. The second-order valence-electron chi connectivity index (χ2n) is 8.28. The van der Waals surface area contributed by atoms with Crippen molar-refractivity contribution in [3.8, 4) is 11.4 Å². The average molecular weight is 374 g/mol. The van der Waals surface area contributed by atoms with Crippen LogP contribution in [-0.4, -0.2) is 52.1 Å². The molecule has 6 nitrogen and oxygen atoms in total. The van der Waals surface area contributed by atoms with Gasteiger partial charge in [0.2, 0.25) is 0 Å². The van der Waals surface area contributed by atoms with E-state index in [2.05, 4.69) is 50.6 Å². The molecule has 3 aromatic rings. The van der Waals surface area contributed by atoms with E-state index in [1.807, 2.05) is 0 Å². The number of nitrogens with one attached hydrogen (secondary N) is 2. The molecule has 0 radical (unpaired) electrons. The van der Waals surface area contributed by atoms with E-state index in [0.29, 0.717) is 6.04 Å². The molecule has 3 aliphatic rings. The fraction of sp³-hybridized carbons (Fsp3) is 0.455. The van der Waals surface area contributed by atoms with Crippen LogP contribution in [0.25, 0.3) is 22.3 Å². The lowest BCUT2D eigenvalue weighted by atomic mass is 10.1. The van der Waals surface area contributed by atoms with Crippen LogP contribution in [0.15, 0.2) is 30.5 Å². The zero-order chi connectivity index (χ0) is 18.5. The average Bonchev–Trinajstić information content (AvgIpc) is 3.44. The van der Waals surface area contributed by atoms with Gasteiger partial charge < -0.3 is 15.2 Å². The van der Waals surface area contributed by atoms with Crippen LogP contribution in [0.1, 0.15) is 30.5 Å². The number of aromatic nitrogens is 3. The number of benzene rings is 1. The number of hydrogen-bond donors (Lipinski definition) is 2. The molecule has 28 heavy (non-hydrogen) atoms. The van der Waals surface area contributed by atoms with Crippen molar-refractivity contribution in [3.63, 3.8) is 0 Å². The van der Waals surface area contributed by atoms with Crippen LogP contribution < -0.4 is 10.2 Å². The van der Waals surface area contributed by atoms with Crippen LogP contribution in [0.4, 0.5) is 5.82 Å². The van der Waals surface area contributed by atoms with E-state index in [-0.39, 0.29) is 0 Å². The summed E-state index contributed by atoms with van der Waals surface area (Å²) in [6.45, 7) is 6.39. The van der Waals surface area contributed by atoms with E-state index >= 15 is 0 Å². The molecule has 1 aromatic carbocycles. The van der Waals surface area contributed by atoms with E-state index in [9.17, 15) is 0 Å². The third-order valence-electron chi connectivity index (χ3n) is 6.60. The van der Waals surface area contributed by atoms with Gasteiger partial charge in [-0.25, -0.2) is 9.97 Å². The van der Waals surface area contributed by atoms with Crippen molar-refractivity contribution in [3.05, 3.63) is 41.7 Å². The molecule has 0 aliphatic carbocycles. The summed E-state index contributed by atoms with van der Waals surface area (Å²) in [5, 5.41) is 4.68.